The highest BCUT2D eigenvalue weighted by Crippen LogP contribution is 2.13. The van der Waals surface area contributed by atoms with Crippen LogP contribution in [0.1, 0.15) is 19.4 Å². The number of aromatic nitrogens is 4. The standard InChI is InChI=1S/C13H18N6O.ClH/c1-8(2)11(14)13(20)15-7-9-3-5-10(6-4-9)12-16-18-19-17-12;/h3-6,8,11H,7,14H2,1-2H3,(H,15,20)(H,16,17,18,19);1H/t11-;/m0./s1. The maximum atomic E-state index is 11.7. The van der Waals surface area contributed by atoms with Crippen LogP contribution in [-0.2, 0) is 11.3 Å². The second kappa shape index (κ2) is 7.70. The van der Waals surface area contributed by atoms with Gasteiger partial charge in [-0.15, -0.1) is 22.6 Å². The second-order valence-electron chi connectivity index (χ2n) is 4.92. The molecule has 8 heteroatoms. The lowest BCUT2D eigenvalue weighted by molar-refractivity contribution is -0.123. The number of nitrogens with zero attached hydrogens (tertiary/aromatic N) is 3. The van der Waals surface area contributed by atoms with E-state index < -0.39 is 6.04 Å². The molecule has 0 unspecified atom stereocenters. The lowest BCUT2D eigenvalue weighted by Gasteiger charge is -2.15. The number of halogens is 1. The molecule has 21 heavy (non-hydrogen) atoms. The van der Waals surface area contributed by atoms with E-state index in [1.54, 1.807) is 0 Å². The summed E-state index contributed by atoms with van der Waals surface area (Å²) < 4.78 is 0. The summed E-state index contributed by atoms with van der Waals surface area (Å²) in [7, 11) is 0. The first-order valence-corrected chi connectivity index (χ1v) is 6.44. The number of carbonyl (C=O) groups is 1. The molecule has 0 saturated heterocycles. The van der Waals surface area contributed by atoms with E-state index >= 15 is 0 Å². The molecule has 0 radical (unpaired) electrons. The molecule has 7 nitrogen and oxygen atoms in total. The Hall–Kier alpha value is -1.99. The molecule has 1 aromatic carbocycles. The molecule has 0 aliphatic heterocycles. The van der Waals surface area contributed by atoms with E-state index in [9.17, 15) is 4.79 Å². The van der Waals surface area contributed by atoms with Gasteiger partial charge in [0.25, 0.3) is 0 Å². The van der Waals surface area contributed by atoms with Crippen molar-refractivity contribution in [2.75, 3.05) is 0 Å². The number of carbonyl (C=O) groups excluding carboxylic acids is 1. The van der Waals surface area contributed by atoms with Gasteiger partial charge < -0.3 is 11.1 Å². The van der Waals surface area contributed by atoms with Crippen molar-refractivity contribution in [1.82, 2.24) is 25.9 Å². The van der Waals surface area contributed by atoms with Gasteiger partial charge in [-0.25, -0.2) is 0 Å². The SMILES string of the molecule is CC(C)[C@H](N)C(=O)NCc1ccc(-c2nn[nH]n2)cc1.Cl. The fourth-order valence-corrected chi connectivity index (χ4v) is 1.67. The van der Waals surface area contributed by atoms with Gasteiger partial charge in [-0.2, -0.15) is 5.21 Å². The molecular formula is C13H19ClN6O. The maximum Gasteiger partial charge on any atom is 0.237 e. The van der Waals surface area contributed by atoms with Crippen molar-refractivity contribution in [2.24, 2.45) is 11.7 Å². The van der Waals surface area contributed by atoms with Crippen LogP contribution < -0.4 is 11.1 Å². The molecule has 0 spiro atoms. The van der Waals surface area contributed by atoms with Crippen molar-refractivity contribution in [3.63, 3.8) is 0 Å². The Bertz CT molecular complexity index is 555. The topological polar surface area (TPSA) is 110 Å². The van der Waals surface area contributed by atoms with Crippen molar-refractivity contribution in [3.8, 4) is 11.4 Å². The molecule has 0 fully saturated rings. The average Bonchev–Trinajstić information content (AvgIpc) is 2.98. The Morgan fingerprint density at radius 1 is 1.33 bits per heavy atom. The van der Waals surface area contributed by atoms with Gasteiger partial charge >= 0.3 is 0 Å². The quantitative estimate of drug-likeness (QED) is 0.759. The fraction of sp³-hybridized carbons (Fsp3) is 0.385. The van der Waals surface area contributed by atoms with Crippen LogP contribution >= 0.6 is 12.4 Å². The molecule has 2 aromatic rings. The van der Waals surface area contributed by atoms with Crippen molar-refractivity contribution in [1.29, 1.82) is 0 Å². The van der Waals surface area contributed by atoms with Gasteiger partial charge in [0, 0.05) is 12.1 Å². The molecule has 0 bridgehead atoms. The smallest absolute Gasteiger partial charge is 0.237 e. The molecule has 1 heterocycles. The predicted octanol–water partition coefficient (Wildman–Crippen LogP) is 0.888. The summed E-state index contributed by atoms with van der Waals surface area (Å²) in [5, 5.41) is 16.5. The molecule has 2 rings (SSSR count). The minimum atomic E-state index is -0.478. The van der Waals surface area contributed by atoms with Crippen molar-refractivity contribution >= 4 is 18.3 Å². The number of nitrogens with two attached hydrogens (primary N) is 1. The summed E-state index contributed by atoms with van der Waals surface area (Å²) >= 11 is 0. The monoisotopic (exact) mass is 310 g/mol. The van der Waals surface area contributed by atoms with Crippen LogP contribution in [0.4, 0.5) is 0 Å². The zero-order chi connectivity index (χ0) is 14.5. The number of benzene rings is 1. The van der Waals surface area contributed by atoms with Crippen LogP contribution in [-0.4, -0.2) is 32.6 Å². The minimum Gasteiger partial charge on any atom is -0.351 e. The van der Waals surface area contributed by atoms with Crippen LogP contribution in [0.5, 0.6) is 0 Å². The van der Waals surface area contributed by atoms with Crippen molar-refractivity contribution in [3.05, 3.63) is 29.8 Å². The Morgan fingerprint density at radius 3 is 2.52 bits per heavy atom. The van der Waals surface area contributed by atoms with Crippen LogP contribution in [0.25, 0.3) is 11.4 Å². The van der Waals surface area contributed by atoms with Crippen LogP contribution in [0.2, 0.25) is 0 Å². The van der Waals surface area contributed by atoms with Crippen molar-refractivity contribution < 1.29 is 4.79 Å². The summed E-state index contributed by atoms with van der Waals surface area (Å²) in [6, 6.07) is 7.11. The van der Waals surface area contributed by atoms with E-state index in [2.05, 4.69) is 25.9 Å². The maximum absolute atomic E-state index is 11.7. The molecule has 0 aliphatic rings. The molecule has 0 aliphatic carbocycles. The summed E-state index contributed by atoms with van der Waals surface area (Å²) in [4.78, 5) is 11.7. The van der Waals surface area contributed by atoms with Gasteiger partial charge in [-0.3, -0.25) is 4.79 Å². The highest BCUT2D eigenvalue weighted by molar-refractivity contribution is 5.85. The number of hydrogen-bond acceptors (Lipinski definition) is 5. The molecule has 4 N–H and O–H groups in total. The predicted molar refractivity (Wildman–Crippen MR) is 81.5 cm³/mol. The number of hydrogen-bond donors (Lipinski definition) is 3. The Balaban J connectivity index is 0.00000220. The van der Waals surface area contributed by atoms with E-state index in [1.165, 1.54) is 0 Å². The van der Waals surface area contributed by atoms with E-state index in [4.69, 9.17) is 5.73 Å². The number of aromatic amines is 1. The van der Waals surface area contributed by atoms with Gasteiger partial charge in [-0.1, -0.05) is 38.1 Å². The van der Waals surface area contributed by atoms with E-state index in [1.807, 2.05) is 38.1 Å². The summed E-state index contributed by atoms with van der Waals surface area (Å²) in [5.74, 6) is 0.528. The first kappa shape index (κ1) is 17.1. The van der Waals surface area contributed by atoms with Crippen molar-refractivity contribution in [2.45, 2.75) is 26.4 Å². The number of rotatable bonds is 5. The number of tetrazole rings is 1. The molecule has 0 saturated carbocycles. The average molecular weight is 311 g/mol. The van der Waals surface area contributed by atoms with Gasteiger partial charge in [0.2, 0.25) is 11.7 Å². The number of amides is 1. The third-order valence-corrected chi connectivity index (χ3v) is 3.05. The first-order chi connectivity index (χ1) is 9.58. The lowest BCUT2D eigenvalue weighted by Crippen LogP contribution is -2.43. The van der Waals surface area contributed by atoms with Crippen LogP contribution in [0.3, 0.4) is 0 Å². The normalized spacial score (nSPS) is 11.8. The third-order valence-electron chi connectivity index (χ3n) is 3.05. The lowest BCUT2D eigenvalue weighted by atomic mass is 10.0. The van der Waals surface area contributed by atoms with Gasteiger partial charge in [0.05, 0.1) is 6.04 Å². The highest BCUT2D eigenvalue weighted by atomic mass is 35.5. The molecule has 1 aromatic heterocycles. The van der Waals surface area contributed by atoms with E-state index in [0.717, 1.165) is 11.1 Å². The zero-order valence-corrected chi connectivity index (χ0v) is 12.7. The Morgan fingerprint density at radius 2 is 2.00 bits per heavy atom. The fourth-order valence-electron chi connectivity index (χ4n) is 1.67. The largest absolute Gasteiger partial charge is 0.351 e. The summed E-state index contributed by atoms with van der Waals surface area (Å²) in [6.07, 6.45) is 0. The van der Waals surface area contributed by atoms with Crippen LogP contribution in [0.15, 0.2) is 24.3 Å². The first-order valence-electron chi connectivity index (χ1n) is 6.44. The summed E-state index contributed by atoms with van der Waals surface area (Å²) in [6.45, 7) is 4.29. The minimum absolute atomic E-state index is 0. The molecule has 1 atom stereocenters. The number of nitrogens with one attached hydrogen (secondary N) is 2. The van der Waals surface area contributed by atoms with Gasteiger partial charge in [-0.05, 0) is 16.7 Å². The summed E-state index contributed by atoms with van der Waals surface area (Å²) in [5.41, 5.74) is 7.63. The number of H-pyrrole nitrogens is 1. The van der Waals surface area contributed by atoms with Crippen LogP contribution in [0, 0.1) is 5.92 Å². The van der Waals surface area contributed by atoms with E-state index in [-0.39, 0.29) is 24.2 Å². The highest BCUT2D eigenvalue weighted by Gasteiger charge is 2.16. The zero-order valence-electron chi connectivity index (χ0n) is 11.9. The molecule has 1 amide bonds. The van der Waals surface area contributed by atoms with Gasteiger partial charge in [0.1, 0.15) is 0 Å². The van der Waals surface area contributed by atoms with Gasteiger partial charge in [0.15, 0.2) is 0 Å². The third kappa shape index (κ3) is 4.51. The Labute approximate surface area is 129 Å². The Kier molecular flexibility index (Phi) is 6.26. The van der Waals surface area contributed by atoms with E-state index in [0.29, 0.717) is 12.4 Å². The molecular weight excluding hydrogens is 292 g/mol. The second-order valence-corrected chi connectivity index (χ2v) is 4.92. The molecule has 114 valence electrons.